The van der Waals surface area contributed by atoms with E-state index in [-0.39, 0.29) is 6.42 Å². The maximum absolute atomic E-state index is 10.5. The molecule has 0 aliphatic rings. The molecule has 0 aliphatic heterocycles. The Hall–Kier alpha value is -2.01. The lowest BCUT2D eigenvalue weighted by Gasteiger charge is -2.05. The van der Waals surface area contributed by atoms with Gasteiger partial charge in [-0.05, 0) is 12.1 Å². The van der Waals surface area contributed by atoms with Gasteiger partial charge in [-0.1, -0.05) is 23.7 Å². The Morgan fingerprint density at radius 1 is 1.44 bits per heavy atom. The zero-order valence-electron chi connectivity index (χ0n) is 9.51. The van der Waals surface area contributed by atoms with Crippen molar-refractivity contribution in [1.82, 2.24) is 9.78 Å². The molecule has 3 N–H and O–H groups in total. The normalized spacial score (nSPS) is 10.5. The average molecular weight is 266 g/mol. The van der Waals surface area contributed by atoms with Crippen molar-refractivity contribution < 1.29 is 9.90 Å². The molecule has 1 heterocycles. The minimum Gasteiger partial charge on any atom is -0.481 e. The summed E-state index contributed by atoms with van der Waals surface area (Å²) in [6, 6.07) is 8.85. The number of rotatable bonds is 4. The number of benzene rings is 1. The number of hydrogen-bond donors (Lipinski definition) is 2. The van der Waals surface area contributed by atoms with Crippen LogP contribution >= 0.6 is 11.6 Å². The van der Waals surface area contributed by atoms with Gasteiger partial charge in [0.05, 0.1) is 22.8 Å². The van der Waals surface area contributed by atoms with Gasteiger partial charge in [0.2, 0.25) is 0 Å². The number of aryl methyl sites for hydroxylation is 1. The number of carboxylic acids is 1. The molecule has 0 fully saturated rings. The molecular formula is C12H12ClN3O2. The maximum Gasteiger partial charge on any atom is 0.303 e. The number of aliphatic carboxylic acids is 1. The molecule has 0 spiro atoms. The minimum absolute atomic E-state index is 0.0268. The van der Waals surface area contributed by atoms with Gasteiger partial charge >= 0.3 is 5.97 Å². The lowest BCUT2D eigenvalue weighted by atomic mass is 10.2. The lowest BCUT2D eigenvalue weighted by molar-refractivity contribution is -0.136. The number of carboxylic acid groups (broad SMARTS) is 1. The van der Waals surface area contributed by atoms with Crippen LogP contribution in [0.1, 0.15) is 12.1 Å². The zero-order chi connectivity index (χ0) is 13.1. The van der Waals surface area contributed by atoms with Gasteiger partial charge in [0.25, 0.3) is 0 Å². The van der Waals surface area contributed by atoms with Gasteiger partial charge in [-0.15, -0.1) is 0 Å². The molecule has 5 nitrogen and oxygen atoms in total. The summed E-state index contributed by atoms with van der Waals surface area (Å²) in [7, 11) is 0. The van der Waals surface area contributed by atoms with Crippen LogP contribution in [-0.4, -0.2) is 20.9 Å². The molecule has 6 heteroatoms. The third kappa shape index (κ3) is 2.62. The third-order valence-corrected chi connectivity index (χ3v) is 2.78. The molecule has 0 amide bonds. The highest BCUT2D eigenvalue weighted by atomic mass is 35.5. The highest BCUT2D eigenvalue weighted by molar-refractivity contribution is 6.32. The summed E-state index contributed by atoms with van der Waals surface area (Å²) >= 11 is 6.06. The number of nitrogens with zero attached hydrogens (tertiary/aromatic N) is 2. The first-order valence-corrected chi connectivity index (χ1v) is 5.77. The highest BCUT2D eigenvalue weighted by Crippen LogP contribution is 2.22. The van der Waals surface area contributed by atoms with Crippen LogP contribution in [0.15, 0.2) is 30.3 Å². The van der Waals surface area contributed by atoms with Crippen LogP contribution < -0.4 is 5.73 Å². The van der Waals surface area contributed by atoms with Crippen LogP contribution in [0.3, 0.4) is 0 Å². The zero-order valence-corrected chi connectivity index (χ0v) is 10.3. The van der Waals surface area contributed by atoms with E-state index in [1.807, 2.05) is 12.1 Å². The molecular weight excluding hydrogens is 254 g/mol. The number of nitrogen functional groups attached to an aromatic ring is 1. The predicted molar refractivity (Wildman–Crippen MR) is 68.9 cm³/mol. The monoisotopic (exact) mass is 265 g/mol. The number of carbonyl (C=O) groups is 1. The minimum atomic E-state index is -0.860. The van der Waals surface area contributed by atoms with Crippen molar-refractivity contribution >= 4 is 23.4 Å². The summed E-state index contributed by atoms with van der Waals surface area (Å²) in [5.74, 6) is -0.427. The second kappa shape index (κ2) is 5.10. The molecule has 2 rings (SSSR count). The highest BCUT2D eigenvalue weighted by Gasteiger charge is 2.10. The Morgan fingerprint density at radius 2 is 2.17 bits per heavy atom. The number of halogens is 1. The van der Waals surface area contributed by atoms with Crippen molar-refractivity contribution in [3.05, 3.63) is 41.0 Å². The Kier molecular flexibility index (Phi) is 3.53. The van der Waals surface area contributed by atoms with E-state index in [2.05, 4.69) is 5.10 Å². The molecule has 18 heavy (non-hydrogen) atoms. The molecule has 0 saturated carbocycles. The molecule has 1 aromatic carbocycles. The van der Waals surface area contributed by atoms with E-state index in [0.717, 1.165) is 0 Å². The fourth-order valence-electron chi connectivity index (χ4n) is 1.62. The van der Waals surface area contributed by atoms with Gasteiger partial charge in [-0.2, -0.15) is 5.10 Å². The van der Waals surface area contributed by atoms with Crippen LogP contribution in [0, 0.1) is 0 Å². The number of hydrogen-bond acceptors (Lipinski definition) is 3. The Balaban J connectivity index is 2.30. The van der Waals surface area contributed by atoms with E-state index in [1.54, 1.807) is 18.2 Å². The first kappa shape index (κ1) is 12.4. The number of aromatic nitrogens is 2. The quantitative estimate of drug-likeness (QED) is 0.887. The largest absolute Gasteiger partial charge is 0.481 e. The Bertz CT molecular complexity index is 580. The second-order valence-electron chi connectivity index (χ2n) is 3.82. The molecule has 2 aromatic rings. The molecule has 0 saturated heterocycles. The lowest BCUT2D eigenvalue weighted by Crippen LogP contribution is -2.03. The molecule has 0 bridgehead atoms. The first-order valence-electron chi connectivity index (χ1n) is 5.39. The molecule has 1 aromatic heterocycles. The van der Waals surface area contributed by atoms with Gasteiger partial charge in [0.1, 0.15) is 5.82 Å². The Morgan fingerprint density at radius 3 is 2.83 bits per heavy atom. The SMILES string of the molecule is Nc1cc(CCC(=O)O)nn1-c1ccccc1Cl. The molecule has 0 radical (unpaired) electrons. The Labute approximate surface area is 109 Å². The summed E-state index contributed by atoms with van der Waals surface area (Å²) in [5.41, 5.74) is 7.16. The molecule has 0 aliphatic carbocycles. The fourth-order valence-corrected chi connectivity index (χ4v) is 1.84. The predicted octanol–water partition coefficient (Wildman–Crippen LogP) is 2.13. The maximum atomic E-state index is 10.5. The summed E-state index contributed by atoms with van der Waals surface area (Å²) < 4.78 is 1.51. The van der Waals surface area contributed by atoms with Crippen LogP contribution in [0.2, 0.25) is 5.02 Å². The third-order valence-electron chi connectivity index (χ3n) is 2.46. The summed E-state index contributed by atoms with van der Waals surface area (Å²) in [6.45, 7) is 0. The summed E-state index contributed by atoms with van der Waals surface area (Å²) in [4.78, 5) is 10.5. The van der Waals surface area contributed by atoms with Gasteiger partial charge < -0.3 is 10.8 Å². The van der Waals surface area contributed by atoms with Gasteiger partial charge in [0, 0.05) is 12.5 Å². The van der Waals surface area contributed by atoms with Crippen LogP contribution in [-0.2, 0) is 11.2 Å². The molecule has 0 unspecified atom stereocenters. The van der Waals surface area contributed by atoms with E-state index in [9.17, 15) is 4.79 Å². The fraction of sp³-hybridized carbons (Fsp3) is 0.167. The van der Waals surface area contributed by atoms with Crippen molar-refractivity contribution in [1.29, 1.82) is 0 Å². The van der Waals surface area contributed by atoms with Gasteiger partial charge in [0.15, 0.2) is 0 Å². The first-order chi connectivity index (χ1) is 8.58. The van der Waals surface area contributed by atoms with Crippen molar-refractivity contribution in [3.63, 3.8) is 0 Å². The number of para-hydroxylation sites is 1. The second-order valence-corrected chi connectivity index (χ2v) is 4.22. The summed E-state index contributed by atoms with van der Waals surface area (Å²) in [6.07, 6.45) is 0.371. The van der Waals surface area contributed by atoms with Crippen molar-refractivity contribution in [2.24, 2.45) is 0 Å². The van der Waals surface area contributed by atoms with Crippen LogP contribution in [0.5, 0.6) is 0 Å². The standard InChI is InChI=1S/C12H12ClN3O2/c13-9-3-1-2-4-10(9)16-11(14)7-8(15-16)5-6-12(17)18/h1-4,7H,5-6,14H2,(H,17,18). The van der Waals surface area contributed by atoms with Crippen LogP contribution in [0.25, 0.3) is 5.69 Å². The molecule has 94 valence electrons. The molecule has 0 atom stereocenters. The van der Waals surface area contributed by atoms with Crippen molar-refractivity contribution in [2.75, 3.05) is 5.73 Å². The van der Waals surface area contributed by atoms with E-state index < -0.39 is 5.97 Å². The van der Waals surface area contributed by atoms with E-state index in [1.165, 1.54) is 4.68 Å². The van der Waals surface area contributed by atoms with E-state index in [0.29, 0.717) is 28.6 Å². The number of nitrogens with two attached hydrogens (primary N) is 1. The van der Waals surface area contributed by atoms with E-state index >= 15 is 0 Å². The van der Waals surface area contributed by atoms with E-state index in [4.69, 9.17) is 22.4 Å². The van der Waals surface area contributed by atoms with Crippen LogP contribution in [0.4, 0.5) is 5.82 Å². The topological polar surface area (TPSA) is 81.1 Å². The van der Waals surface area contributed by atoms with Gasteiger partial charge in [-0.25, -0.2) is 4.68 Å². The van der Waals surface area contributed by atoms with Gasteiger partial charge in [-0.3, -0.25) is 4.79 Å². The summed E-state index contributed by atoms with van der Waals surface area (Å²) in [5, 5.41) is 13.4. The van der Waals surface area contributed by atoms with Crippen molar-refractivity contribution in [2.45, 2.75) is 12.8 Å². The average Bonchev–Trinajstić information content (AvgIpc) is 2.69. The smallest absolute Gasteiger partial charge is 0.303 e. The number of anilines is 1. The van der Waals surface area contributed by atoms with Crippen molar-refractivity contribution in [3.8, 4) is 5.69 Å².